The zero-order chi connectivity index (χ0) is 28.0. The van der Waals surface area contributed by atoms with E-state index in [0.29, 0.717) is 32.4 Å². The van der Waals surface area contributed by atoms with Crippen LogP contribution in [0.4, 0.5) is 4.79 Å². The van der Waals surface area contributed by atoms with Crippen LogP contribution in [-0.2, 0) is 24.5 Å². The van der Waals surface area contributed by atoms with E-state index in [0.717, 1.165) is 5.56 Å². The monoisotopic (exact) mass is 517 g/mol. The summed E-state index contributed by atoms with van der Waals surface area (Å²) in [5.41, 5.74) is -0.760. The van der Waals surface area contributed by atoms with Crippen molar-refractivity contribution in [1.29, 1.82) is 0 Å². The number of ether oxygens (including phenoxy) is 1. The molecule has 3 atom stereocenters. The summed E-state index contributed by atoms with van der Waals surface area (Å²) >= 11 is 0. The predicted molar refractivity (Wildman–Crippen MR) is 141 cm³/mol. The maximum atomic E-state index is 14.0. The van der Waals surface area contributed by atoms with Crippen molar-refractivity contribution in [2.24, 2.45) is 11.8 Å². The number of carboxylic acids is 1. The number of carbonyl (C=O) groups is 4. The lowest BCUT2D eigenvalue weighted by molar-refractivity contribution is -0.144. The normalized spacial score (nSPS) is 17.9. The number of likely N-dealkylation sites (tertiary alicyclic amines) is 1. The molecule has 2 rings (SSSR count). The van der Waals surface area contributed by atoms with Gasteiger partial charge in [-0.1, -0.05) is 64.4 Å². The molecule has 1 aliphatic heterocycles. The summed E-state index contributed by atoms with van der Waals surface area (Å²) < 4.78 is 5.51. The maximum Gasteiger partial charge on any atom is 0.410 e. The summed E-state index contributed by atoms with van der Waals surface area (Å²) in [6.45, 7) is 13.3. The smallest absolute Gasteiger partial charge is 0.410 e. The third kappa shape index (κ3) is 7.69. The summed E-state index contributed by atoms with van der Waals surface area (Å²) in [6.07, 6.45) is 0.920. The molecule has 1 fully saturated rings. The van der Waals surface area contributed by atoms with E-state index in [9.17, 15) is 24.3 Å². The van der Waals surface area contributed by atoms with Crippen molar-refractivity contribution in [3.8, 4) is 0 Å². The van der Waals surface area contributed by atoms with Crippen LogP contribution in [0.2, 0.25) is 0 Å². The third-order valence-electron chi connectivity index (χ3n) is 7.04. The Bertz CT molecular complexity index is 948. The summed E-state index contributed by atoms with van der Waals surface area (Å²) in [5.74, 6) is -2.48. The lowest BCUT2D eigenvalue weighted by atomic mass is 9.71. The van der Waals surface area contributed by atoms with Crippen LogP contribution in [0, 0.1) is 11.8 Å². The molecular formula is C28H43N3O6. The minimum atomic E-state index is -1.12. The fourth-order valence-corrected chi connectivity index (χ4v) is 4.54. The molecule has 1 aliphatic rings. The van der Waals surface area contributed by atoms with Gasteiger partial charge in [0, 0.05) is 13.1 Å². The molecule has 0 unspecified atom stereocenters. The number of benzene rings is 1. The van der Waals surface area contributed by atoms with Crippen molar-refractivity contribution in [3.63, 3.8) is 0 Å². The highest BCUT2D eigenvalue weighted by Crippen LogP contribution is 2.37. The number of rotatable bonds is 9. The van der Waals surface area contributed by atoms with Crippen molar-refractivity contribution in [3.05, 3.63) is 35.9 Å². The van der Waals surface area contributed by atoms with Gasteiger partial charge in [-0.2, -0.15) is 0 Å². The van der Waals surface area contributed by atoms with Crippen molar-refractivity contribution in [2.45, 2.75) is 90.8 Å². The molecule has 9 heteroatoms. The predicted octanol–water partition coefficient (Wildman–Crippen LogP) is 3.71. The molecule has 1 aromatic carbocycles. The molecule has 1 saturated heterocycles. The fourth-order valence-electron chi connectivity index (χ4n) is 4.54. The third-order valence-corrected chi connectivity index (χ3v) is 7.04. The van der Waals surface area contributed by atoms with E-state index in [1.807, 2.05) is 65.0 Å². The Hall–Kier alpha value is -3.10. The minimum Gasteiger partial charge on any atom is -0.480 e. The SMILES string of the molecule is CC[C@@H](C)[C@H](NC(=O)C1(c2ccccc2)CCN(C(=O)OC(C)(C)C)CC1)C(=O)N[C@H](C(=O)O)C(C)C. The van der Waals surface area contributed by atoms with Crippen molar-refractivity contribution >= 4 is 23.9 Å². The molecule has 9 nitrogen and oxygen atoms in total. The maximum absolute atomic E-state index is 14.0. The second kappa shape index (κ2) is 12.4. The molecule has 3 N–H and O–H groups in total. The van der Waals surface area contributed by atoms with E-state index in [1.165, 1.54) is 0 Å². The van der Waals surface area contributed by atoms with Gasteiger partial charge in [0.05, 0.1) is 5.41 Å². The minimum absolute atomic E-state index is 0.222. The van der Waals surface area contributed by atoms with Gasteiger partial charge in [0.25, 0.3) is 0 Å². The van der Waals surface area contributed by atoms with E-state index >= 15 is 0 Å². The lowest BCUT2D eigenvalue weighted by Gasteiger charge is -2.42. The molecule has 0 aliphatic carbocycles. The van der Waals surface area contributed by atoms with Crippen LogP contribution in [0.1, 0.15) is 73.3 Å². The number of hydrogen-bond donors (Lipinski definition) is 3. The van der Waals surface area contributed by atoms with E-state index in [4.69, 9.17) is 4.74 Å². The molecule has 1 heterocycles. The van der Waals surface area contributed by atoms with Gasteiger partial charge in [0.15, 0.2) is 0 Å². The number of piperidine rings is 1. The number of carboxylic acid groups (broad SMARTS) is 1. The van der Waals surface area contributed by atoms with Gasteiger partial charge in [0.1, 0.15) is 17.7 Å². The molecule has 0 spiro atoms. The largest absolute Gasteiger partial charge is 0.480 e. The highest BCUT2D eigenvalue weighted by Gasteiger charge is 2.46. The van der Waals surface area contributed by atoms with Crippen molar-refractivity contribution in [2.75, 3.05) is 13.1 Å². The van der Waals surface area contributed by atoms with Crippen molar-refractivity contribution in [1.82, 2.24) is 15.5 Å². The van der Waals surface area contributed by atoms with Crippen LogP contribution < -0.4 is 10.6 Å². The number of nitrogens with zero attached hydrogens (tertiary/aromatic N) is 1. The molecule has 206 valence electrons. The van der Waals surface area contributed by atoms with E-state index in [-0.39, 0.29) is 17.7 Å². The number of nitrogens with one attached hydrogen (secondary N) is 2. The number of carbonyl (C=O) groups excluding carboxylic acids is 3. The zero-order valence-corrected chi connectivity index (χ0v) is 23.2. The zero-order valence-electron chi connectivity index (χ0n) is 23.2. The van der Waals surface area contributed by atoms with Crippen molar-refractivity contribution < 1.29 is 29.0 Å². The van der Waals surface area contributed by atoms with Gasteiger partial charge in [-0.05, 0) is 51.0 Å². The average molecular weight is 518 g/mol. The highest BCUT2D eigenvalue weighted by molar-refractivity contribution is 5.94. The first-order valence-electron chi connectivity index (χ1n) is 13.1. The molecule has 3 amide bonds. The Morgan fingerprint density at radius 2 is 1.57 bits per heavy atom. The van der Waals surface area contributed by atoms with Crippen LogP contribution in [-0.4, -0.2) is 64.7 Å². The fraction of sp³-hybridized carbons (Fsp3) is 0.643. The van der Waals surface area contributed by atoms with E-state index < -0.39 is 41.1 Å². The second-order valence-corrected chi connectivity index (χ2v) is 11.3. The first-order valence-corrected chi connectivity index (χ1v) is 13.1. The Morgan fingerprint density at radius 1 is 1.00 bits per heavy atom. The standard InChI is InChI=1S/C28H43N3O6/c1-8-19(4)22(23(32)29-21(18(2)3)24(33)34)30-25(35)28(20-12-10-9-11-13-20)14-16-31(17-15-28)26(36)37-27(5,6)7/h9-13,18-19,21-22H,8,14-17H2,1-7H3,(H,29,32)(H,30,35)(H,33,34)/t19-,21+,22+/m1/s1. The van der Waals surface area contributed by atoms with Crippen LogP contribution in [0.3, 0.4) is 0 Å². The number of amides is 3. The second-order valence-electron chi connectivity index (χ2n) is 11.3. The summed E-state index contributed by atoms with van der Waals surface area (Å²) in [5, 5.41) is 15.1. The van der Waals surface area contributed by atoms with Crippen LogP contribution in [0.15, 0.2) is 30.3 Å². The van der Waals surface area contributed by atoms with Gasteiger partial charge in [0.2, 0.25) is 11.8 Å². The van der Waals surface area contributed by atoms with E-state index in [1.54, 1.807) is 18.7 Å². The van der Waals surface area contributed by atoms with Gasteiger partial charge < -0.3 is 25.4 Å². The molecule has 0 saturated carbocycles. The first kappa shape index (κ1) is 30.1. The van der Waals surface area contributed by atoms with Gasteiger partial charge in [-0.3, -0.25) is 9.59 Å². The molecule has 0 radical (unpaired) electrons. The summed E-state index contributed by atoms with van der Waals surface area (Å²) in [6, 6.07) is 7.42. The van der Waals surface area contributed by atoms with Crippen LogP contribution >= 0.6 is 0 Å². The van der Waals surface area contributed by atoms with Crippen LogP contribution in [0.25, 0.3) is 0 Å². The summed E-state index contributed by atoms with van der Waals surface area (Å²) in [7, 11) is 0. The van der Waals surface area contributed by atoms with Gasteiger partial charge in [-0.25, -0.2) is 9.59 Å². The molecule has 0 aromatic heterocycles. The topological polar surface area (TPSA) is 125 Å². The molecule has 1 aromatic rings. The Balaban J connectivity index is 2.31. The lowest BCUT2D eigenvalue weighted by Crippen LogP contribution is -2.60. The molecule has 0 bridgehead atoms. The summed E-state index contributed by atoms with van der Waals surface area (Å²) in [4.78, 5) is 53.1. The number of hydrogen-bond acceptors (Lipinski definition) is 5. The van der Waals surface area contributed by atoms with Gasteiger partial charge in [-0.15, -0.1) is 0 Å². The van der Waals surface area contributed by atoms with E-state index in [2.05, 4.69) is 10.6 Å². The number of aliphatic carboxylic acids is 1. The first-order chi connectivity index (χ1) is 17.2. The highest BCUT2D eigenvalue weighted by atomic mass is 16.6. The Morgan fingerprint density at radius 3 is 2.03 bits per heavy atom. The Kier molecular flexibility index (Phi) is 10.1. The molecular weight excluding hydrogens is 474 g/mol. The molecule has 37 heavy (non-hydrogen) atoms. The Labute approximate surface area is 220 Å². The van der Waals surface area contributed by atoms with Gasteiger partial charge >= 0.3 is 12.1 Å². The van der Waals surface area contributed by atoms with Crippen LogP contribution in [0.5, 0.6) is 0 Å². The average Bonchev–Trinajstić information content (AvgIpc) is 2.84. The quantitative estimate of drug-likeness (QED) is 0.459.